The molecule has 0 bridgehead atoms. The molecular formula is C20H17FN6O. The molecule has 8 heteroatoms. The summed E-state index contributed by atoms with van der Waals surface area (Å²) in [6, 6.07) is 10.9. The minimum absolute atomic E-state index is 0.0371. The molecule has 0 radical (unpaired) electrons. The van der Waals surface area contributed by atoms with Crippen LogP contribution in [0.5, 0.6) is 0 Å². The number of rotatable bonds is 5. The van der Waals surface area contributed by atoms with Crippen molar-refractivity contribution < 1.29 is 9.18 Å². The average molecular weight is 376 g/mol. The summed E-state index contributed by atoms with van der Waals surface area (Å²) < 4.78 is 14.9. The van der Waals surface area contributed by atoms with Gasteiger partial charge in [-0.05, 0) is 49.2 Å². The van der Waals surface area contributed by atoms with E-state index in [-0.39, 0.29) is 11.6 Å². The Morgan fingerprint density at radius 2 is 2.00 bits per heavy atom. The fraction of sp³-hybridized carbons (Fsp3) is 0.200. The first-order valence-corrected chi connectivity index (χ1v) is 9.15. The topological polar surface area (TPSA) is 88.0 Å². The number of hydrogen-bond donors (Lipinski definition) is 2. The van der Waals surface area contributed by atoms with Crippen molar-refractivity contribution in [3.63, 3.8) is 0 Å². The normalized spacial score (nSPS) is 14.2. The van der Waals surface area contributed by atoms with Gasteiger partial charge in [0.25, 0.3) is 0 Å². The first-order valence-electron chi connectivity index (χ1n) is 9.15. The second kappa shape index (κ2) is 6.56. The van der Waals surface area contributed by atoms with Crippen molar-refractivity contribution >= 4 is 23.2 Å². The van der Waals surface area contributed by atoms with Crippen LogP contribution < -0.4 is 5.32 Å². The van der Waals surface area contributed by atoms with Crippen molar-refractivity contribution in [3.05, 3.63) is 71.6 Å². The van der Waals surface area contributed by atoms with Crippen molar-refractivity contribution in [2.75, 3.05) is 5.32 Å². The van der Waals surface area contributed by atoms with E-state index in [0.29, 0.717) is 28.9 Å². The Bertz CT molecular complexity index is 1160. The number of aromatic nitrogens is 5. The summed E-state index contributed by atoms with van der Waals surface area (Å²) in [6.07, 6.45) is 5.40. The van der Waals surface area contributed by atoms with Gasteiger partial charge in [-0.1, -0.05) is 6.42 Å². The number of benzene rings is 1. The molecule has 3 aromatic heterocycles. The van der Waals surface area contributed by atoms with Gasteiger partial charge < -0.3 is 5.32 Å². The Balaban J connectivity index is 1.49. The third-order valence-electron chi connectivity index (χ3n) is 5.08. The molecule has 0 saturated heterocycles. The van der Waals surface area contributed by atoms with Crippen LogP contribution in [0.1, 0.15) is 47.1 Å². The number of nitrogens with one attached hydrogen (secondary N) is 2. The summed E-state index contributed by atoms with van der Waals surface area (Å²) in [4.78, 5) is 21.5. The zero-order valence-electron chi connectivity index (χ0n) is 14.9. The highest BCUT2D eigenvalue weighted by Gasteiger charge is 2.22. The first kappa shape index (κ1) is 16.6. The van der Waals surface area contributed by atoms with Crippen LogP contribution in [0.2, 0.25) is 0 Å². The minimum atomic E-state index is -0.400. The summed E-state index contributed by atoms with van der Waals surface area (Å²) in [7, 11) is 0. The van der Waals surface area contributed by atoms with Gasteiger partial charge in [0.1, 0.15) is 11.5 Å². The number of anilines is 2. The predicted octanol–water partition coefficient (Wildman–Crippen LogP) is 3.83. The largest absolute Gasteiger partial charge is 0.308 e. The number of carbonyl (C=O) groups is 1. The fourth-order valence-corrected chi connectivity index (χ4v) is 3.29. The Labute approximate surface area is 159 Å². The molecular weight excluding hydrogens is 359 g/mol. The molecule has 1 aliphatic carbocycles. The number of hydrogen-bond acceptors (Lipinski definition) is 5. The third kappa shape index (κ3) is 2.92. The molecule has 7 nitrogen and oxygen atoms in total. The predicted molar refractivity (Wildman–Crippen MR) is 101 cm³/mol. The fourth-order valence-electron chi connectivity index (χ4n) is 3.29. The maximum atomic E-state index is 13.1. The highest BCUT2D eigenvalue weighted by molar-refractivity contribution is 6.06. The molecule has 4 aromatic rings. The number of H-pyrrole nitrogens is 1. The monoisotopic (exact) mass is 376 g/mol. The van der Waals surface area contributed by atoms with E-state index in [0.717, 1.165) is 5.69 Å². The molecule has 0 amide bonds. The first-order chi connectivity index (χ1) is 13.7. The van der Waals surface area contributed by atoms with Crippen molar-refractivity contribution in [1.29, 1.82) is 0 Å². The molecule has 28 heavy (non-hydrogen) atoms. The van der Waals surface area contributed by atoms with Gasteiger partial charge in [-0.2, -0.15) is 10.1 Å². The number of nitrogens with zero attached hydrogens (tertiary/aromatic N) is 4. The van der Waals surface area contributed by atoms with Crippen LogP contribution in [-0.4, -0.2) is 30.3 Å². The molecule has 0 unspecified atom stereocenters. The van der Waals surface area contributed by atoms with E-state index >= 15 is 0 Å². The molecule has 1 fully saturated rings. The zero-order chi connectivity index (χ0) is 19.1. The van der Waals surface area contributed by atoms with E-state index in [1.807, 2.05) is 18.3 Å². The van der Waals surface area contributed by atoms with Crippen LogP contribution in [0.3, 0.4) is 0 Å². The van der Waals surface area contributed by atoms with Crippen LogP contribution in [0.4, 0.5) is 16.2 Å². The van der Waals surface area contributed by atoms with E-state index in [1.54, 1.807) is 10.5 Å². The Morgan fingerprint density at radius 3 is 2.75 bits per heavy atom. The molecule has 140 valence electrons. The van der Waals surface area contributed by atoms with Gasteiger partial charge in [-0.3, -0.25) is 14.3 Å². The smallest absolute Gasteiger partial charge is 0.230 e. The summed E-state index contributed by atoms with van der Waals surface area (Å²) in [5.41, 5.74) is 2.02. The van der Waals surface area contributed by atoms with Gasteiger partial charge in [0.05, 0.1) is 0 Å². The SMILES string of the molecule is O=C(c1ccc(F)cc1)c1nc(Nc2cc(C3CCC3)[nH]n2)n2cccc2n1. The number of fused-ring (bicyclic) bond motifs is 1. The van der Waals surface area contributed by atoms with Crippen molar-refractivity contribution in [2.45, 2.75) is 25.2 Å². The van der Waals surface area contributed by atoms with Gasteiger partial charge in [0.15, 0.2) is 5.82 Å². The van der Waals surface area contributed by atoms with Crippen molar-refractivity contribution in [1.82, 2.24) is 24.6 Å². The van der Waals surface area contributed by atoms with Gasteiger partial charge >= 0.3 is 0 Å². The second-order valence-electron chi connectivity index (χ2n) is 6.90. The molecule has 0 atom stereocenters. The molecule has 5 rings (SSSR count). The maximum absolute atomic E-state index is 13.1. The lowest BCUT2D eigenvalue weighted by atomic mass is 9.83. The molecule has 2 N–H and O–H groups in total. The number of carbonyl (C=O) groups excluding carboxylic acids is 1. The van der Waals surface area contributed by atoms with Gasteiger partial charge in [0, 0.05) is 29.4 Å². The van der Waals surface area contributed by atoms with E-state index < -0.39 is 5.82 Å². The van der Waals surface area contributed by atoms with Gasteiger partial charge in [-0.15, -0.1) is 0 Å². The summed E-state index contributed by atoms with van der Waals surface area (Å²) in [5.74, 6) is 0.875. The highest BCUT2D eigenvalue weighted by atomic mass is 19.1. The summed E-state index contributed by atoms with van der Waals surface area (Å²) >= 11 is 0. The number of halogens is 1. The van der Waals surface area contributed by atoms with Crippen LogP contribution >= 0.6 is 0 Å². The maximum Gasteiger partial charge on any atom is 0.230 e. The molecule has 0 spiro atoms. The number of aromatic amines is 1. The second-order valence-corrected chi connectivity index (χ2v) is 6.90. The number of ketones is 1. The van der Waals surface area contributed by atoms with E-state index in [2.05, 4.69) is 25.5 Å². The average Bonchev–Trinajstić information content (AvgIpc) is 3.30. The highest BCUT2D eigenvalue weighted by Crippen LogP contribution is 2.36. The van der Waals surface area contributed by atoms with E-state index in [9.17, 15) is 9.18 Å². The van der Waals surface area contributed by atoms with E-state index in [1.165, 1.54) is 43.5 Å². The van der Waals surface area contributed by atoms with Crippen LogP contribution in [-0.2, 0) is 0 Å². The van der Waals surface area contributed by atoms with Crippen molar-refractivity contribution in [2.24, 2.45) is 0 Å². The summed E-state index contributed by atoms with van der Waals surface area (Å²) in [6.45, 7) is 0. The Kier molecular flexibility index (Phi) is 3.89. The lowest BCUT2D eigenvalue weighted by Gasteiger charge is -2.23. The lowest BCUT2D eigenvalue weighted by molar-refractivity contribution is 0.102. The Hall–Kier alpha value is -3.55. The van der Waals surface area contributed by atoms with Gasteiger partial charge in [-0.25, -0.2) is 9.37 Å². The molecule has 1 aromatic carbocycles. The molecule has 1 saturated carbocycles. The molecule has 1 aliphatic rings. The molecule has 3 heterocycles. The van der Waals surface area contributed by atoms with Crippen LogP contribution in [0.15, 0.2) is 48.7 Å². The lowest BCUT2D eigenvalue weighted by Crippen LogP contribution is -2.12. The van der Waals surface area contributed by atoms with E-state index in [4.69, 9.17) is 0 Å². The van der Waals surface area contributed by atoms with Gasteiger partial charge in [0.2, 0.25) is 17.6 Å². The quantitative estimate of drug-likeness (QED) is 0.517. The Morgan fingerprint density at radius 1 is 1.18 bits per heavy atom. The van der Waals surface area contributed by atoms with Crippen molar-refractivity contribution in [3.8, 4) is 0 Å². The molecule has 0 aliphatic heterocycles. The summed E-state index contributed by atoms with van der Waals surface area (Å²) in [5, 5.41) is 10.6. The zero-order valence-corrected chi connectivity index (χ0v) is 14.9. The third-order valence-corrected chi connectivity index (χ3v) is 5.08. The minimum Gasteiger partial charge on any atom is -0.308 e. The standard InChI is InChI=1S/C20H17FN6O/c21-14-8-6-13(7-9-14)18(28)19-23-17-5-2-10-27(17)20(24-19)22-16-11-15(25-26-16)12-3-1-4-12/h2,5-12H,1,3-4H2,(H2,22,23,24,25,26). The van der Waals surface area contributed by atoms with Crippen LogP contribution in [0.25, 0.3) is 5.65 Å². The van der Waals surface area contributed by atoms with Crippen LogP contribution in [0, 0.1) is 5.82 Å².